The maximum Gasteiger partial charge on any atom is 0.195 e. The second-order valence-corrected chi connectivity index (χ2v) is 4.15. The van der Waals surface area contributed by atoms with Crippen LogP contribution in [0.15, 0.2) is 18.7 Å². The Bertz CT molecular complexity index is 705. The van der Waals surface area contributed by atoms with Crippen LogP contribution in [0, 0.1) is 34.9 Å². The van der Waals surface area contributed by atoms with E-state index in [1.54, 1.807) is 0 Å². The van der Waals surface area contributed by atoms with E-state index >= 15 is 0 Å². The quantitative estimate of drug-likeness (QED) is 0.330. The number of hydrogen-bond donors (Lipinski definition) is 0. The van der Waals surface area contributed by atoms with E-state index in [0.717, 1.165) is 0 Å². The van der Waals surface area contributed by atoms with Crippen LogP contribution in [-0.2, 0) is 6.42 Å². The lowest BCUT2D eigenvalue weighted by molar-refractivity contribution is 0.442. The molecule has 0 unspecified atom stereocenters. The molecule has 0 radical (unpaired) electrons. The fraction of sp³-hybridized carbons (Fsp3) is 0.143. The van der Waals surface area contributed by atoms with Crippen LogP contribution in [-0.4, -0.2) is 0 Å². The largest absolute Gasteiger partial charge is 0.206 e. The van der Waals surface area contributed by atoms with Crippen molar-refractivity contribution in [2.45, 2.75) is 12.8 Å². The monoisotopic (exact) mass is 290 g/mol. The molecule has 2 aromatic rings. The van der Waals surface area contributed by atoms with E-state index in [2.05, 4.69) is 6.58 Å². The Hall–Kier alpha value is -1.98. The van der Waals surface area contributed by atoms with Gasteiger partial charge in [0.1, 0.15) is 5.82 Å². The molecule has 6 heteroatoms. The van der Waals surface area contributed by atoms with Crippen LogP contribution in [0.25, 0.3) is 10.8 Å². The van der Waals surface area contributed by atoms with Gasteiger partial charge in [-0.1, -0.05) is 6.08 Å². The van der Waals surface area contributed by atoms with Gasteiger partial charge in [0.25, 0.3) is 0 Å². The highest BCUT2D eigenvalue weighted by atomic mass is 19.2. The summed E-state index contributed by atoms with van der Waals surface area (Å²) < 4.78 is 81.2. The van der Waals surface area contributed by atoms with Gasteiger partial charge in [0, 0.05) is 17.0 Å². The summed E-state index contributed by atoms with van der Waals surface area (Å²) in [5.41, 5.74) is -0.616. The Morgan fingerprint density at radius 3 is 2.05 bits per heavy atom. The molecule has 0 amide bonds. The minimum atomic E-state index is -1.92. The predicted molar refractivity (Wildman–Crippen MR) is 62.2 cm³/mol. The van der Waals surface area contributed by atoms with Crippen molar-refractivity contribution >= 4 is 10.8 Å². The van der Waals surface area contributed by atoms with Crippen LogP contribution >= 0.6 is 0 Å². The summed E-state index contributed by atoms with van der Waals surface area (Å²) in [6.45, 7) is 3.35. The molecule has 0 aromatic heterocycles. The van der Waals surface area contributed by atoms with E-state index in [-0.39, 0.29) is 18.9 Å². The van der Waals surface area contributed by atoms with E-state index in [4.69, 9.17) is 0 Å². The SMILES string of the molecule is C=CCCc1c(F)c(F)c(F)c2c(F)cc(F)c(F)c12. The maximum atomic E-state index is 13.7. The van der Waals surface area contributed by atoms with Crippen LogP contribution < -0.4 is 0 Å². The molecule has 0 atom stereocenters. The van der Waals surface area contributed by atoms with E-state index < -0.39 is 51.2 Å². The smallest absolute Gasteiger partial charge is 0.195 e. The Kier molecular flexibility index (Phi) is 3.74. The van der Waals surface area contributed by atoms with Crippen LogP contribution in [0.3, 0.4) is 0 Å². The lowest BCUT2D eigenvalue weighted by atomic mass is 9.98. The van der Waals surface area contributed by atoms with Gasteiger partial charge < -0.3 is 0 Å². The normalized spacial score (nSPS) is 11.1. The lowest BCUT2D eigenvalue weighted by Gasteiger charge is -2.12. The van der Waals surface area contributed by atoms with Crippen molar-refractivity contribution in [3.8, 4) is 0 Å². The number of fused-ring (bicyclic) bond motifs is 1. The van der Waals surface area contributed by atoms with Crippen LogP contribution in [0.4, 0.5) is 26.3 Å². The molecule has 0 fully saturated rings. The van der Waals surface area contributed by atoms with Gasteiger partial charge in [0.05, 0.1) is 5.39 Å². The number of aryl methyl sites for hydroxylation is 1. The molecule has 0 aliphatic heterocycles. The van der Waals surface area contributed by atoms with Gasteiger partial charge in [-0.25, -0.2) is 26.3 Å². The Morgan fingerprint density at radius 1 is 0.800 bits per heavy atom. The second-order valence-electron chi connectivity index (χ2n) is 4.15. The van der Waals surface area contributed by atoms with Crippen molar-refractivity contribution in [1.82, 2.24) is 0 Å². The second kappa shape index (κ2) is 5.19. The minimum Gasteiger partial charge on any atom is -0.206 e. The first-order chi connectivity index (χ1) is 9.40. The summed E-state index contributed by atoms with van der Waals surface area (Å²) in [5.74, 6) is -10.1. The third-order valence-corrected chi connectivity index (χ3v) is 2.94. The lowest BCUT2D eigenvalue weighted by Crippen LogP contribution is -2.05. The third kappa shape index (κ3) is 2.05. The van der Waals surface area contributed by atoms with Gasteiger partial charge in [-0.05, 0) is 12.8 Å². The van der Waals surface area contributed by atoms with Crippen molar-refractivity contribution in [2.75, 3.05) is 0 Å². The highest BCUT2D eigenvalue weighted by molar-refractivity contribution is 5.88. The molecule has 0 aliphatic rings. The molecule has 0 saturated carbocycles. The fourth-order valence-corrected chi connectivity index (χ4v) is 2.02. The van der Waals surface area contributed by atoms with Crippen molar-refractivity contribution in [3.63, 3.8) is 0 Å². The molecule has 0 aliphatic carbocycles. The molecular formula is C14H8F6. The van der Waals surface area contributed by atoms with Crippen molar-refractivity contribution in [3.05, 3.63) is 59.2 Å². The molecule has 0 saturated heterocycles. The van der Waals surface area contributed by atoms with Gasteiger partial charge >= 0.3 is 0 Å². The van der Waals surface area contributed by atoms with Crippen molar-refractivity contribution in [2.24, 2.45) is 0 Å². The highest BCUT2D eigenvalue weighted by Gasteiger charge is 2.26. The molecule has 106 valence electrons. The molecule has 2 rings (SSSR count). The topological polar surface area (TPSA) is 0 Å². The van der Waals surface area contributed by atoms with E-state index in [1.807, 2.05) is 0 Å². The molecule has 2 aromatic carbocycles. The van der Waals surface area contributed by atoms with Gasteiger partial charge in [0.2, 0.25) is 0 Å². The summed E-state index contributed by atoms with van der Waals surface area (Å²) in [6.07, 6.45) is 1.18. The first kappa shape index (κ1) is 14.4. The first-order valence-electron chi connectivity index (χ1n) is 5.63. The summed E-state index contributed by atoms with van der Waals surface area (Å²) in [7, 11) is 0. The summed E-state index contributed by atoms with van der Waals surface area (Å²) in [6, 6.07) is 0.0926. The maximum absolute atomic E-state index is 13.7. The Balaban J connectivity index is 2.99. The minimum absolute atomic E-state index is 0.0926. The molecule has 0 heterocycles. The summed E-state index contributed by atoms with van der Waals surface area (Å²) >= 11 is 0. The molecule has 0 N–H and O–H groups in total. The zero-order valence-electron chi connectivity index (χ0n) is 10.0. The average Bonchev–Trinajstić information content (AvgIpc) is 2.41. The average molecular weight is 290 g/mol. The van der Waals surface area contributed by atoms with Gasteiger partial charge in [0.15, 0.2) is 29.1 Å². The van der Waals surface area contributed by atoms with Gasteiger partial charge in [-0.2, -0.15) is 0 Å². The van der Waals surface area contributed by atoms with Gasteiger partial charge in [-0.3, -0.25) is 0 Å². The van der Waals surface area contributed by atoms with Crippen molar-refractivity contribution in [1.29, 1.82) is 0 Å². The predicted octanol–water partition coefficient (Wildman–Crippen LogP) is 4.79. The number of rotatable bonds is 3. The number of hydrogen-bond acceptors (Lipinski definition) is 0. The zero-order chi connectivity index (χ0) is 15.0. The number of benzene rings is 2. The molecular weight excluding hydrogens is 282 g/mol. The van der Waals surface area contributed by atoms with E-state index in [9.17, 15) is 26.3 Å². The molecule has 20 heavy (non-hydrogen) atoms. The van der Waals surface area contributed by atoms with Gasteiger partial charge in [-0.15, -0.1) is 6.58 Å². The number of allylic oxidation sites excluding steroid dienone is 1. The van der Waals surface area contributed by atoms with Crippen LogP contribution in [0.5, 0.6) is 0 Å². The van der Waals surface area contributed by atoms with Crippen LogP contribution in [0.2, 0.25) is 0 Å². The van der Waals surface area contributed by atoms with Crippen molar-refractivity contribution < 1.29 is 26.3 Å². The Morgan fingerprint density at radius 2 is 1.45 bits per heavy atom. The first-order valence-corrected chi connectivity index (χ1v) is 5.63. The fourth-order valence-electron chi connectivity index (χ4n) is 2.02. The highest BCUT2D eigenvalue weighted by Crippen LogP contribution is 2.33. The Labute approximate surface area is 110 Å². The van der Waals surface area contributed by atoms with E-state index in [0.29, 0.717) is 0 Å². The summed E-state index contributed by atoms with van der Waals surface area (Å²) in [5, 5.41) is -2.01. The zero-order valence-corrected chi connectivity index (χ0v) is 10.0. The molecule has 0 bridgehead atoms. The number of halogens is 6. The molecule has 0 spiro atoms. The summed E-state index contributed by atoms with van der Waals surface area (Å²) in [4.78, 5) is 0. The molecule has 0 nitrogen and oxygen atoms in total. The standard InChI is InChI=1S/C14H8F6/c1-2-3-4-6-9-10(13(19)14(20)11(6)17)7(15)5-8(16)12(9)18/h2,5H,1,3-4H2. The third-order valence-electron chi connectivity index (χ3n) is 2.94. The van der Waals surface area contributed by atoms with E-state index in [1.165, 1.54) is 6.08 Å². The van der Waals surface area contributed by atoms with Crippen LogP contribution in [0.1, 0.15) is 12.0 Å².